The van der Waals surface area contributed by atoms with Gasteiger partial charge in [-0.2, -0.15) is 16.9 Å². The minimum atomic E-state index is -0.564. The molecule has 3 atom stereocenters. The highest BCUT2D eigenvalue weighted by Crippen LogP contribution is 2.44. The number of nitrogens with two attached hydrogens (primary N) is 1. The molecule has 2 aliphatic rings. The van der Waals surface area contributed by atoms with Gasteiger partial charge in [-0.15, -0.1) is 5.10 Å². The summed E-state index contributed by atoms with van der Waals surface area (Å²) in [7, 11) is 0. The number of unbranched alkanes of at least 4 members (excludes halogenated alkanes) is 1. The predicted octanol–water partition coefficient (Wildman–Crippen LogP) is 6.25. The molecule has 0 saturated heterocycles. The molecule has 3 rings (SSSR count). The molecule has 1 fully saturated rings. The fraction of sp³-hybridized carbons (Fsp3) is 0.571. The van der Waals surface area contributed by atoms with Crippen molar-refractivity contribution in [1.82, 2.24) is 5.32 Å². The van der Waals surface area contributed by atoms with Gasteiger partial charge in [-0.3, -0.25) is 0 Å². The van der Waals surface area contributed by atoms with Gasteiger partial charge in [-0.25, -0.2) is 4.79 Å². The van der Waals surface area contributed by atoms with Crippen molar-refractivity contribution in [3.05, 3.63) is 59.7 Å². The highest BCUT2D eigenvalue weighted by molar-refractivity contribution is 7.98. The molecule has 0 heterocycles. The highest BCUT2D eigenvalue weighted by atomic mass is 32.2. The standard InChI is InChI=1S/C23H31N5O3S.C4H10.CH4.H2/c1-32-12-11-30-10-9-25-28-27-22(24)21(14-17-5-3-2-4-6-17)26-23(29)31-16-18-7-8-19-15-20(19)13-18;1-3-4-2;;/h2-8,13,19-21H,9-12,14-16H2,1H3,(H,26,29)(H2,24,25,27);3-4H2,1-2H3;1H4;1H. The van der Waals surface area contributed by atoms with E-state index in [-0.39, 0.29) is 21.3 Å². The Bertz CT molecular complexity index is 894. The Balaban J connectivity index is 0.00000213. The summed E-state index contributed by atoms with van der Waals surface area (Å²) in [6, 6.07) is 9.16. The number of nitrogens with one attached hydrogen (secondary N) is 1. The Morgan fingerprint density at radius 3 is 2.65 bits per heavy atom. The van der Waals surface area contributed by atoms with E-state index in [0.717, 1.165) is 16.9 Å². The zero-order chi connectivity index (χ0) is 26.0. The number of rotatable bonds is 14. The molecule has 1 aromatic carbocycles. The van der Waals surface area contributed by atoms with E-state index >= 15 is 0 Å². The van der Waals surface area contributed by atoms with Crippen LogP contribution in [-0.2, 0) is 15.9 Å². The minimum Gasteiger partial charge on any atom is -0.445 e. The molecular weight excluding hydrogens is 486 g/mol. The van der Waals surface area contributed by atoms with E-state index in [4.69, 9.17) is 15.2 Å². The third-order valence-electron chi connectivity index (χ3n) is 5.67. The summed E-state index contributed by atoms with van der Waals surface area (Å²) in [4.78, 5) is 12.4. The first-order valence-electron chi connectivity index (χ1n) is 12.7. The highest BCUT2D eigenvalue weighted by Gasteiger charge is 2.35. The van der Waals surface area contributed by atoms with Gasteiger partial charge in [0.15, 0.2) is 0 Å². The van der Waals surface area contributed by atoms with Crippen LogP contribution in [0.5, 0.6) is 0 Å². The number of carbonyl (C=O) groups is 1. The van der Waals surface area contributed by atoms with E-state index < -0.39 is 12.1 Å². The topological polar surface area (TPSA) is 111 Å². The molecule has 1 aromatic rings. The van der Waals surface area contributed by atoms with Crippen LogP contribution in [-0.4, -0.2) is 56.3 Å². The van der Waals surface area contributed by atoms with Gasteiger partial charge in [0.2, 0.25) is 0 Å². The zero-order valence-corrected chi connectivity index (χ0v) is 22.6. The number of benzene rings is 1. The number of thioether (sulfide) groups is 1. The van der Waals surface area contributed by atoms with Gasteiger partial charge in [0, 0.05) is 13.6 Å². The van der Waals surface area contributed by atoms with Crippen LogP contribution < -0.4 is 11.1 Å². The monoisotopic (exact) mass is 533 g/mol. The number of fused-ring (bicyclic) bond motifs is 1. The quantitative estimate of drug-likeness (QED) is 0.0965. The molecule has 0 radical (unpaired) electrons. The van der Waals surface area contributed by atoms with Gasteiger partial charge in [-0.05, 0) is 40.9 Å². The molecule has 0 aromatic heterocycles. The third kappa shape index (κ3) is 14.0. The number of amidine groups is 1. The number of ether oxygens (including phenoxy) is 2. The van der Waals surface area contributed by atoms with Crippen LogP contribution in [0.2, 0.25) is 0 Å². The van der Waals surface area contributed by atoms with Crippen molar-refractivity contribution in [2.75, 3.05) is 38.4 Å². The van der Waals surface area contributed by atoms with E-state index in [1.807, 2.05) is 42.7 Å². The van der Waals surface area contributed by atoms with Crippen LogP contribution in [0.1, 0.15) is 47.5 Å². The van der Waals surface area contributed by atoms with Crippen molar-refractivity contribution >= 4 is 23.7 Å². The van der Waals surface area contributed by atoms with Crippen LogP contribution >= 0.6 is 11.8 Å². The smallest absolute Gasteiger partial charge is 0.408 e. The number of alkyl carbamates (subject to hydrolysis) is 1. The number of carbonyl (C=O) groups excluding carboxylic acids is 1. The molecule has 0 spiro atoms. The van der Waals surface area contributed by atoms with Crippen molar-refractivity contribution < 1.29 is 15.7 Å². The number of amides is 1. The fourth-order valence-corrected chi connectivity index (χ4v) is 3.57. The second kappa shape index (κ2) is 19.5. The second-order valence-corrected chi connectivity index (χ2v) is 9.70. The normalized spacial score (nSPS) is 18.6. The minimum absolute atomic E-state index is 0. The summed E-state index contributed by atoms with van der Waals surface area (Å²) in [5.74, 6) is 2.39. The zero-order valence-electron chi connectivity index (χ0n) is 21.8. The summed E-state index contributed by atoms with van der Waals surface area (Å²) in [5.41, 5.74) is 8.16. The Hall–Kier alpha value is -2.65. The molecule has 37 heavy (non-hydrogen) atoms. The first-order chi connectivity index (χ1) is 17.6. The van der Waals surface area contributed by atoms with Crippen molar-refractivity contribution in [2.24, 2.45) is 33.0 Å². The SMILES string of the molecule is C.CCCC.CSCCOCCN=N/N=C(\N)C(Cc1ccccc1)NC(=O)OCC1=CC2CC2C=C1.[HH]. The van der Waals surface area contributed by atoms with Gasteiger partial charge in [0.25, 0.3) is 0 Å². The van der Waals surface area contributed by atoms with E-state index in [0.29, 0.717) is 38.0 Å². The van der Waals surface area contributed by atoms with Crippen LogP contribution in [0, 0.1) is 11.8 Å². The van der Waals surface area contributed by atoms with Crippen molar-refractivity contribution in [3.8, 4) is 0 Å². The predicted molar refractivity (Wildman–Crippen MR) is 157 cm³/mol. The second-order valence-electron chi connectivity index (χ2n) is 8.71. The van der Waals surface area contributed by atoms with Crippen molar-refractivity contribution in [1.29, 1.82) is 0 Å². The lowest BCUT2D eigenvalue weighted by atomic mass is 10.1. The number of hydrogen-bond donors (Lipinski definition) is 2. The average molecular weight is 534 g/mol. The van der Waals surface area contributed by atoms with Gasteiger partial charge in [0.05, 0.1) is 25.8 Å². The molecule has 9 heteroatoms. The summed E-state index contributed by atoms with van der Waals surface area (Å²) in [5, 5.41) is 14.5. The van der Waals surface area contributed by atoms with Crippen molar-refractivity contribution in [3.63, 3.8) is 0 Å². The molecule has 8 nitrogen and oxygen atoms in total. The molecule has 3 N–H and O–H groups in total. The molecule has 1 amide bonds. The van der Waals surface area contributed by atoms with Crippen LogP contribution in [0.25, 0.3) is 0 Å². The summed E-state index contributed by atoms with van der Waals surface area (Å²) in [6.07, 6.45) is 12.2. The summed E-state index contributed by atoms with van der Waals surface area (Å²) < 4.78 is 10.8. The lowest BCUT2D eigenvalue weighted by molar-refractivity contribution is 0.154. The lowest BCUT2D eigenvalue weighted by Gasteiger charge is -2.18. The maximum atomic E-state index is 12.4. The maximum Gasteiger partial charge on any atom is 0.408 e. The molecule has 2 aliphatic carbocycles. The molecular formula is C28H47N5O3S. The summed E-state index contributed by atoms with van der Waals surface area (Å²) in [6.45, 7) is 6.15. The Labute approximate surface area is 228 Å². The van der Waals surface area contributed by atoms with Crippen LogP contribution in [0.15, 0.2) is 69.6 Å². The van der Waals surface area contributed by atoms with Crippen LogP contribution in [0.4, 0.5) is 4.79 Å². The molecule has 1 saturated carbocycles. The largest absolute Gasteiger partial charge is 0.445 e. The maximum absolute atomic E-state index is 12.4. The van der Waals surface area contributed by atoms with E-state index in [9.17, 15) is 4.79 Å². The van der Waals surface area contributed by atoms with Gasteiger partial charge >= 0.3 is 6.09 Å². The Morgan fingerprint density at radius 1 is 1.22 bits per heavy atom. The number of allylic oxidation sites excluding steroid dienone is 2. The first kappa shape index (κ1) is 32.4. The van der Waals surface area contributed by atoms with Crippen molar-refractivity contribution in [2.45, 2.75) is 53.0 Å². The number of hydrogen-bond acceptors (Lipinski definition) is 6. The van der Waals surface area contributed by atoms with E-state index in [2.05, 4.69) is 46.8 Å². The van der Waals surface area contributed by atoms with E-state index in [1.54, 1.807) is 11.8 Å². The van der Waals surface area contributed by atoms with E-state index in [1.165, 1.54) is 19.3 Å². The number of nitrogens with zero attached hydrogens (tertiary/aromatic N) is 3. The fourth-order valence-electron chi connectivity index (χ4n) is 3.28. The Morgan fingerprint density at radius 2 is 1.97 bits per heavy atom. The average Bonchev–Trinajstić information content (AvgIpc) is 3.68. The van der Waals surface area contributed by atoms with Gasteiger partial charge < -0.3 is 20.5 Å². The molecule has 3 unspecified atom stereocenters. The first-order valence-corrected chi connectivity index (χ1v) is 14.1. The van der Waals surface area contributed by atoms with Gasteiger partial charge in [0.1, 0.15) is 12.4 Å². The van der Waals surface area contributed by atoms with Crippen LogP contribution in [0.3, 0.4) is 0 Å². The van der Waals surface area contributed by atoms with Gasteiger partial charge in [-0.1, -0.05) is 82.7 Å². The molecule has 0 bridgehead atoms. The lowest BCUT2D eigenvalue weighted by Crippen LogP contribution is -2.46. The summed E-state index contributed by atoms with van der Waals surface area (Å²) >= 11 is 1.73. The molecule has 208 valence electrons. The molecule has 0 aliphatic heterocycles. The third-order valence-corrected chi connectivity index (χ3v) is 6.24. The Kier molecular flexibility index (Phi) is 17.0.